The van der Waals surface area contributed by atoms with Crippen LogP contribution in [-0.4, -0.2) is 26.4 Å². The van der Waals surface area contributed by atoms with E-state index in [0.29, 0.717) is 0 Å². The van der Waals surface area contributed by atoms with Gasteiger partial charge < -0.3 is 19.4 Å². The second-order valence-corrected chi connectivity index (χ2v) is 7.18. The summed E-state index contributed by atoms with van der Waals surface area (Å²) in [6, 6.07) is 30.2. The monoisotopic (exact) mass is 482 g/mol. The van der Waals surface area contributed by atoms with Crippen LogP contribution in [-0.2, 0) is 4.79 Å². The van der Waals surface area contributed by atoms with Crippen molar-refractivity contribution in [2.24, 2.45) is 0 Å². The SMILES string of the molecule is COc1ccc(-c2cc(-c3ccccc3)cc(-c3ccc(OC)cc3)[o+]2)cc1.O=C([O-])C(F)(F)F. The molecule has 0 spiro atoms. The molecule has 180 valence electrons. The maximum absolute atomic E-state index is 10.5. The van der Waals surface area contributed by atoms with Crippen molar-refractivity contribution in [3.8, 4) is 45.3 Å². The number of rotatable bonds is 5. The van der Waals surface area contributed by atoms with Crippen LogP contribution in [0.1, 0.15) is 0 Å². The van der Waals surface area contributed by atoms with Crippen LogP contribution in [0.3, 0.4) is 0 Å². The number of halogens is 3. The fraction of sp³-hybridized carbons (Fsp3) is 0.111. The molecule has 3 aromatic carbocycles. The molecule has 0 fully saturated rings. The van der Waals surface area contributed by atoms with Gasteiger partial charge in [0.2, 0.25) is 0 Å². The van der Waals surface area contributed by atoms with Gasteiger partial charge in [0.25, 0.3) is 0 Å². The number of ether oxygens (including phenoxy) is 2. The summed E-state index contributed by atoms with van der Waals surface area (Å²) in [5.74, 6) is 0.230. The van der Waals surface area contributed by atoms with Crippen molar-refractivity contribution >= 4 is 5.97 Å². The Hall–Kier alpha value is -4.33. The molecule has 0 aliphatic rings. The Morgan fingerprint density at radius 3 is 1.43 bits per heavy atom. The highest BCUT2D eigenvalue weighted by Crippen LogP contribution is 2.34. The molecule has 1 aromatic heterocycles. The van der Waals surface area contributed by atoms with E-state index in [4.69, 9.17) is 23.8 Å². The van der Waals surface area contributed by atoms with E-state index >= 15 is 0 Å². The minimum Gasteiger partial charge on any atom is -0.542 e. The average molecular weight is 482 g/mol. The maximum Gasteiger partial charge on any atom is 0.430 e. The third kappa shape index (κ3) is 6.83. The van der Waals surface area contributed by atoms with Crippen molar-refractivity contribution < 1.29 is 37.0 Å². The third-order valence-electron chi connectivity index (χ3n) is 4.88. The van der Waals surface area contributed by atoms with Crippen LogP contribution in [0.15, 0.2) is 95.4 Å². The molecule has 0 saturated carbocycles. The Bertz CT molecular complexity index is 1190. The predicted molar refractivity (Wildman–Crippen MR) is 124 cm³/mol. The lowest BCUT2D eigenvalue weighted by Gasteiger charge is -2.03. The van der Waals surface area contributed by atoms with Gasteiger partial charge in [-0.15, -0.1) is 0 Å². The van der Waals surface area contributed by atoms with Crippen LogP contribution in [0.2, 0.25) is 0 Å². The second-order valence-electron chi connectivity index (χ2n) is 7.18. The molecule has 0 N–H and O–H groups in total. The number of alkyl halides is 3. The molecule has 0 unspecified atom stereocenters. The van der Waals surface area contributed by atoms with E-state index in [-0.39, 0.29) is 0 Å². The molecule has 8 heteroatoms. The summed E-state index contributed by atoms with van der Waals surface area (Å²) in [6.07, 6.45) is -5.19. The summed E-state index contributed by atoms with van der Waals surface area (Å²) in [5, 5.41) is 8.78. The standard InChI is InChI=1S/C25H21O3.C2HF3O2/c1-26-22-12-8-19(9-13-22)24-16-21(18-6-4-3-5-7-18)17-25(28-24)20-10-14-23(27-2)15-11-20;3-2(4,5)1(6)7/h3-17H,1-2H3;(H,6,7)/q+1;/p-1. The number of carboxylic acids is 1. The zero-order valence-corrected chi connectivity index (χ0v) is 18.8. The summed E-state index contributed by atoms with van der Waals surface area (Å²) in [7, 11) is 3.33. The molecule has 0 saturated heterocycles. The number of carboxylic acid groups (broad SMARTS) is 1. The van der Waals surface area contributed by atoms with E-state index in [9.17, 15) is 13.2 Å². The van der Waals surface area contributed by atoms with E-state index in [0.717, 1.165) is 45.3 Å². The van der Waals surface area contributed by atoms with Crippen LogP contribution in [0, 0.1) is 0 Å². The van der Waals surface area contributed by atoms with Gasteiger partial charge in [0, 0.05) is 5.56 Å². The van der Waals surface area contributed by atoms with Crippen LogP contribution in [0.5, 0.6) is 11.5 Å². The molecule has 5 nitrogen and oxygen atoms in total. The van der Waals surface area contributed by atoms with Crippen molar-refractivity contribution in [1.29, 1.82) is 0 Å². The number of carbonyl (C=O) groups is 1. The van der Waals surface area contributed by atoms with E-state index < -0.39 is 12.1 Å². The smallest absolute Gasteiger partial charge is 0.430 e. The zero-order chi connectivity index (χ0) is 25.4. The van der Waals surface area contributed by atoms with Gasteiger partial charge in [0.15, 0.2) is 0 Å². The molecule has 1 heterocycles. The van der Waals surface area contributed by atoms with E-state index in [2.05, 4.69) is 24.3 Å². The first-order chi connectivity index (χ1) is 16.7. The highest BCUT2D eigenvalue weighted by Gasteiger charge is 2.28. The third-order valence-corrected chi connectivity index (χ3v) is 4.88. The lowest BCUT2D eigenvalue weighted by molar-refractivity contribution is -0.344. The number of hydrogen-bond donors (Lipinski definition) is 0. The van der Waals surface area contributed by atoms with E-state index in [1.54, 1.807) is 14.2 Å². The molecule has 0 radical (unpaired) electrons. The maximum atomic E-state index is 10.5. The van der Waals surface area contributed by atoms with Crippen LogP contribution in [0.25, 0.3) is 33.8 Å². The molecule has 0 aliphatic heterocycles. The van der Waals surface area contributed by atoms with Gasteiger partial charge in [-0.05, 0) is 54.1 Å². The lowest BCUT2D eigenvalue weighted by atomic mass is 10.0. The number of aliphatic carboxylic acids is 1. The number of benzene rings is 3. The minimum atomic E-state index is -5.19. The summed E-state index contributed by atoms with van der Waals surface area (Å²) >= 11 is 0. The Labute approximate surface area is 200 Å². The molecule has 0 bridgehead atoms. The van der Waals surface area contributed by atoms with Gasteiger partial charge in [-0.3, -0.25) is 0 Å². The molecule has 0 atom stereocenters. The largest absolute Gasteiger partial charge is 0.542 e. The van der Waals surface area contributed by atoms with E-state index in [1.807, 2.05) is 66.7 Å². The Kier molecular flexibility index (Phi) is 8.09. The molecule has 4 aromatic rings. The van der Waals surface area contributed by atoms with Crippen molar-refractivity contribution in [3.05, 3.63) is 91.0 Å². The van der Waals surface area contributed by atoms with Gasteiger partial charge in [-0.1, -0.05) is 30.3 Å². The first-order valence-electron chi connectivity index (χ1n) is 10.3. The van der Waals surface area contributed by atoms with Crippen molar-refractivity contribution in [2.75, 3.05) is 14.2 Å². The number of carbonyl (C=O) groups excluding carboxylic acids is 1. The van der Waals surface area contributed by atoms with Crippen molar-refractivity contribution in [2.45, 2.75) is 6.18 Å². The summed E-state index contributed by atoms with van der Waals surface area (Å²) in [4.78, 5) is 8.78. The molecule has 0 aliphatic carbocycles. The summed E-state index contributed by atoms with van der Waals surface area (Å²) < 4.78 is 48.4. The Balaban J connectivity index is 0.000000429. The first-order valence-corrected chi connectivity index (χ1v) is 10.3. The molecular weight excluding hydrogens is 461 g/mol. The highest BCUT2D eigenvalue weighted by molar-refractivity contribution is 5.74. The molecule has 4 rings (SSSR count). The summed E-state index contributed by atoms with van der Waals surface area (Å²) in [6.45, 7) is 0. The number of methoxy groups -OCH3 is 2. The first kappa shape index (κ1) is 25.3. The molecule has 35 heavy (non-hydrogen) atoms. The van der Waals surface area contributed by atoms with Gasteiger partial charge in [0.1, 0.15) is 17.5 Å². The van der Waals surface area contributed by atoms with Crippen LogP contribution >= 0.6 is 0 Å². The van der Waals surface area contributed by atoms with Crippen molar-refractivity contribution in [1.82, 2.24) is 0 Å². The zero-order valence-electron chi connectivity index (χ0n) is 18.8. The number of hydrogen-bond acceptors (Lipinski definition) is 4. The van der Waals surface area contributed by atoms with Gasteiger partial charge >= 0.3 is 17.7 Å². The minimum absolute atomic E-state index is 0.801. The second kappa shape index (κ2) is 11.2. The Morgan fingerprint density at radius 1 is 0.686 bits per heavy atom. The fourth-order valence-electron chi connectivity index (χ4n) is 3.09. The topological polar surface area (TPSA) is 69.9 Å². The van der Waals surface area contributed by atoms with Crippen molar-refractivity contribution in [3.63, 3.8) is 0 Å². The van der Waals surface area contributed by atoms with Gasteiger partial charge in [-0.2, -0.15) is 13.2 Å². The Morgan fingerprint density at radius 2 is 1.09 bits per heavy atom. The van der Waals surface area contributed by atoms with Gasteiger partial charge in [-0.25, -0.2) is 4.42 Å². The summed E-state index contributed by atoms with van der Waals surface area (Å²) in [5.41, 5.74) is 4.23. The highest BCUT2D eigenvalue weighted by atomic mass is 19.4. The lowest BCUT2D eigenvalue weighted by Crippen LogP contribution is -2.37. The van der Waals surface area contributed by atoms with E-state index in [1.165, 1.54) is 0 Å². The predicted octanol–water partition coefficient (Wildman–Crippen LogP) is 5.88. The van der Waals surface area contributed by atoms with Gasteiger partial charge in [0.05, 0.1) is 37.5 Å². The molecular formula is C27H21F3O5. The fourth-order valence-corrected chi connectivity index (χ4v) is 3.09. The molecule has 0 amide bonds. The average Bonchev–Trinajstić information content (AvgIpc) is 2.89. The van der Waals surface area contributed by atoms with Crippen LogP contribution in [0.4, 0.5) is 13.2 Å². The van der Waals surface area contributed by atoms with Crippen LogP contribution < -0.4 is 14.6 Å². The quantitative estimate of drug-likeness (QED) is 0.333. The normalized spacial score (nSPS) is 10.7.